The molecule has 1 heterocycles. The maximum atomic E-state index is 12.2. The molecule has 0 spiro atoms. The minimum Gasteiger partial charge on any atom is -0.445 e. The number of rotatable bonds is 5. The molecule has 2 rings (SSSR count). The van der Waals surface area contributed by atoms with E-state index in [9.17, 15) is 8.42 Å². The molecule has 0 saturated carbocycles. The fourth-order valence-corrected chi connectivity index (χ4v) is 3.58. The van der Waals surface area contributed by atoms with Crippen molar-refractivity contribution in [1.82, 2.24) is 9.71 Å². The number of aromatic nitrogens is 1. The highest BCUT2D eigenvalue weighted by Gasteiger charge is 2.18. The Morgan fingerprint density at radius 3 is 2.80 bits per heavy atom. The zero-order valence-corrected chi connectivity index (χ0v) is 13.2. The molecule has 0 radical (unpaired) electrons. The van der Waals surface area contributed by atoms with Crippen LogP contribution in [0.3, 0.4) is 0 Å². The molecule has 0 bridgehead atoms. The number of halogens is 1. The van der Waals surface area contributed by atoms with E-state index in [0.29, 0.717) is 16.1 Å². The van der Waals surface area contributed by atoms with Crippen LogP contribution in [-0.2, 0) is 23.1 Å². The van der Waals surface area contributed by atoms with E-state index in [-0.39, 0.29) is 18.0 Å². The van der Waals surface area contributed by atoms with Crippen molar-refractivity contribution in [1.29, 1.82) is 0 Å². The van der Waals surface area contributed by atoms with E-state index in [1.165, 1.54) is 12.3 Å². The van der Waals surface area contributed by atoms with Gasteiger partial charge >= 0.3 is 0 Å². The molecule has 0 aliphatic carbocycles. The van der Waals surface area contributed by atoms with Crippen LogP contribution in [0.2, 0.25) is 0 Å². The van der Waals surface area contributed by atoms with Crippen LogP contribution in [0.4, 0.5) is 0 Å². The zero-order chi connectivity index (χ0) is 14.8. The van der Waals surface area contributed by atoms with Crippen molar-refractivity contribution in [2.45, 2.75) is 24.9 Å². The van der Waals surface area contributed by atoms with Gasteiger partial charge in [0.2, 0.25) is 15.9 Å². The highest BCUT2D eigenvalue weighted by atomic mass is 79.9. The van der Waals surface area contributed by atoms with Crippen LogP contribution < -0.4 is 10.5 Å². The number of oxazole rings is 1. The predicted octanol–water partition coefficient (Wildman–Crippen LogP) is 1.68. The molecule has 0 amide bonds. The number of aryl methyl sites for hydroxylation is 1. The number of hydrogen-bond acceptors (Lipinski definition) is 5. The largest absolute Gasteiger partial charge is 0.445 e. The Bertz CT molecular complexity index is 712. The second-order valence-electron chi connectivity index (χ2n) is 4.16. The van der Waals surface area contributed by atoms with Crippen LogP contribution in [-0.4, -0.2) is 13.4 Å². The second-order valence-corrected chi connectivity index (χ2v) is 6.75. The zero-order valence-electron chi connectivity index (χ0n) is 10.8. The molecule has 20 heavy (non-hydrogen) atoms. The molecule has 6 nitrogen and oxygen atoms in total. The van der Waals surface area contributed by atoms with Crippen molar-refractivity contribution in [3.05, 3.63) is 46.1 Å². The molecule has 0 aliphatic rings. The summed E-state index contributed by atoms with van der Waals surface area (Å²) in [6, 6.07) is 4.96. The highest BCUT2D eigenvalue weighted by molar-refractivity contribution is 9.10. The lowest BCUT2D eigenvalue weighted by Gasteiger charge is -2.08. The van der Waals surface area contributed by atoms with E-state index < -0.39 is 10.0 Å². The lowest BCUT2D eigenvalue weighted by atomic mass is 10.2. The Labute approximate surface area is 125 Å². The quantitative estimate of drug-likeness (QED) is 0.846. The van der Waals surface area contributed by atoms with E-state index >= 15 is 0 Å². The fraction of sp³-hybridized carbons (Fsp3) is 0.250. The summed E-state index contributed by atoms with van der Waals surface area (Å²) in [4.78, 5) is 4.09. The summed E-state index contributed by atoms with van der Waals surface area (Å²) in [5.41, 5.74) is 6.26. The third-order valence-corrected chi connectivity index (χ3v) is 5.00. The summed E-state index contributed by atoms with van der Waals surface area (Å²) in [7, 11) is -3.66. The Hall–Kier alpha value is -1.22. The SMILES string of the molecule is Cc1cnc(CNS(=O)(=O)c2cc(CN)ccc2Br)o1. The average Bonchev–Trinajstić information content (AvgIpc) is 2.83. The summed E-state index contributed by atoms with van der Waals surface area (Å²) < 4.78 is 32.6. The minimum atomic E-state index is -3.66. The molecule has 1 aromatic heterocycles. The number of hydrogen-bond donors (Lipinski definition) is 2. The van der Waals surface area contributed by atoms with Crippen molar-refractivity contribution < 1.29 is 12.8 Å². The van der Waals surface area contributed by atoms with Crippen molar-refractivity contribution in [3.8, 4) is 0 Å². The summed E-state index contributed by atoms with van der Waals surface area (Å²) >= 11 is 3.23. The van der Waals surface area contributed by atoms with Gasteiger partial charge < -0.3 is 10.2 Å². The van der Waals surface area contributed by atoms with Gasteiger partial charge in [-0.25, -0.2) is 18.1 Å². The lowest BCUT2D eigenvalue weighted by molar-refractivity contribution is 0.463. The van der Waals surface area contributed by atoms with Crippen LogP contribution in [0.5, 0.6) is 0 Å². The van der Waals surface area contributed by atoms with Crippen LogP contribution in [0, 0.1) is 6.92 Å². The second kappa shape index (κ2) is 6.04. The number of sulfonamides is 1. The molecule has 0 atom stereocenters. The Morgan fingerprint density at radius 2 is 2.20 bits per heavy atom. The smallest absolute Gasteiger partial charge is 0.242 e. The standard InChI is InChI=1S/C12H14BrN3O3S/c1-8-6-15-12(19-8)7-16-20(17,18)11-4-9(5-14)2-3-10(11)13/h2-4,6,16H,5,7,14H2,1H3. The third-order valence-electron chi connectivity index (χ3n) is 2.60. The first kappa shape index (κ1) is 15.2. The maximum Gasteiger partial charge on any atom is 0.242 e. The molecule has 0 fully saturated rings. The summed E-state index contributed by atoms with van der Waals surface area (Å²) in [6.07, 6.45) is 1.54. The first-order valence-electron chi connectivity index (χ1n) is 5.82. The number of nitrogens with two attached hydrogens (primary N) is 1. The van der Waals surface area contributed by atoms with E-state index in [1.807, 2.05) is 0 Å². The Balaban J connectivity index is 2.21. The predicted molar refractivity (Wildman–Crippen MR) is 77.3 cm³/mol. The van der Waals surface area contributed by atoms with Gasteiger partial charge in [-0.05, 0) is 40.5 Å². The topological polar surface area (TPSA) is 98.2 Å². The van der Waals surface area contributed by atoms with Crippen molar-refractivity contribution in [3.63, 3.8) is 0 Å². The van der Waals surface area contributed by atoms with Crippen LogP contribution >= 0.6 is 15.9 Å². The van der Waals surface area contributed by atoms with Crippen LogP contribution in [0.1, 0.15) is 17.2 Å². The molecule has 0 aliphatic heterocycles. The van der Waals surface area contributed by atoms with Gasteiger partial charge in [0.05, 0.1) is 17.6 Å². The number of benzene rings is 1. The van der Waals surface area contributed by atoms with Gasteiger partial charge in [-0.15, -0.1) is 0 Å². The minimum absolute atomic E-state index is 0.00450. The molecule has 3 N–H and O–H groups in total. The highest BCUT2D eigenvalue weighted by Crippen LogP contribution is 2.23. The lowest BCUT2D eigenvalue weighted by Crippen LogP contribution is -2.24. The third kappa shape index (κ3) is 3.45. The summed E-state index contributed by atoms with van der Waals surface area (Å²) in [5.74, 6) is 0.947. The number of nitrogens with zero attached hydrogens (tertiary/aromatic N) is 1. The molecule has 8 heteroatoms. The number of nitrogens with one attached hydrogen (secondary N) is 1. The molecular weight excluding hydrogens is 346 g/mol. The molecule has 0 saturated heterocycles. The van der Waals surface area contributed by atoms with E-state index in [4.69, 9.17) is 10.2 Å². The van der Waals surface area contributed by atoms with E-state index in [1.54, 1.807) is 19.1 Å². The van der Waals surface area contributed by atoms with E-state index in [0.717, 1.165) is 5.56 Å². The normalized spacial score (nSPS) is 11.8. The van der Waals surface area contributed by atoms with Gasteiger partial charge in [-0.2, -0.15) is 0 Å². The van der Waals surface area contributed by atoms with Crippen molar-refractivity contribution in [2.24, 2.45) is 5.73 Å². The first-order valence-corrected chi connectivity index (χ1v) is 8.09. The van der Waals surface area contributed by atoms with Crippen molar-refractivity contribution in [2.75, 3.05) is 0 Å². The molecule has 2 aromatic rings. The Kier molecular flexibility index (Phi) is 4.59. The van der Waals surface area contributed by atoms with Gasteiger partial charge in [-0.3, -0.25) is 0 Å². The van der Waals surface area contributed by atoms with Gasteiger partial charge in [0.25, 0.3) is 0 Å². The van der Waals surface area contributed by atoms with Gasteiger partial charge in [0.15, 0.2) is 0 Å². The molecular formula is C12H14BrN3O3S. The van der Waals surface area contributed by atoms with Crippen LogP contribution in [0.15, 0.2) is 38.2 Å². The van der Waals surface area contributed by atoms with Crippen molar-refractivity contribution >= 4 is 26.0 Å². The van der Waals surface area contributed by atoms with Crippen LogP contribution in [0.25, 0.3) is 0 Å². The summed E-state index contributed by atoms with van der Waals surface area (Å²) in [6.45, 7) is 2.01. The summed E-state index contributed by atoms with van der Waals surface area (Å²) in [5, 5.41) is 0. The van der Waals surface area contributed by atoms with Gasteiger partial charge in [-0.1, -0.05) is 6.07 Å². The molecule has 0 unspecified atom stereocenters. The average molecular weight is 360 g/mol. The van der Waals surface area contributed by atoms with Gasteiger partial charge in [0, 0.05) is 11.0 Å². The van der Waals surface area contributed by atoms with E-state index in [2.05, 4.69) is 25.6 Å². The monoisotopic (exact) mass is 359 g/mol. The Morgan fingerprint density at radius 1 is 1.45 bits per heavy atom. The first-order chi connectivity index (χ1) is 9.42. The molecule has 1 aromatic carbocycles. The van der Waals surface area contributed by atoms with Gasteiger partial charge in [0.1, 0.15) is 5.76 Å². The molecule has 108 valence electrons. The maximum absolute atomic E-state index is 12.2. The fourth-order valence-electron chi connectivity index (χ4n) is 1.60.